The summed E-state index contributed by atoms with van der Waals surface area (Å²) in [5.74, 6) is 0. The van der Waals surface area contributed by atoms with E-state index in [-0.39, 0.29) is 16.2 Å². The first kappa shape index (κ1) is 38.5. The second-order valence-corrected chi connectivity index (χ2v) is 21.5. The molecule has 3 aromatic heterocycles. The number of hydrogen-bond donors (Lipinski definition) is 1. The van der Waals surface area contributed by atoms with Crippen LogP contribution in [0.2, 0.25) is 0 Å². The van der Waals surface area contributed by atoms with E-state index in [1.807, 2.05) is 0 Å². The molecule has 0 spiro atoms. The normalized spacial score (nSPS) is 14.2. The second-order valence-electron chi connectivity index (χ2n) is 21.5. The molecular formula is C60H51BN2O2. The van der Waals surface area contributed by atoms with Crippen molar-refractivity contribution in [2.24, 2.45) is 0 Å². The number of para-hydroxylation sites is 1. The van der Waals surface area contributed by atoms with Crippen LogP contribution in [0.4, 0.5) is 11.4 Å². The van der Waals surface area contributed by atoms with E-state index in [0.29, 0.717) is 0 Å². The van der Waals surface area contributed by atoms with Crippen molar-refractivity contribution >= 4 is 95.3 Å². The van der Waals surface area contributed by atoms with E-state index in [9.17, 15) is 0 Å². The Morgan fingerprint density at radius 1 is 0.538 bits per heavy atom. The molecule has 0 fully saturated rings. The van der Waals surface area contributed by atoms with Gasteiger partial charge in [-0.05, 0) is 122 Å². The molecule has 0 radical (unpaired) electrons. The van der Waals surface area contributed by atoms with Crippen molar-refractivity contribution < 1.29 is 8.83 Å². The highest BCUT2D eigenvalue weighted by Crippen LogP contribution is 2.50. The fourth-order valence-corrected chi connectivity index (χ4v) is 11.5. The topological polar surface area (TPSA) is 43.2 Å². The van der Waals surface area contributed by atoms with Crippen molar-refractivity contribution in [1.82, 2.24) is 4.57 Å². The van der Waals surface area contributed by atoms with Crippen molar-refractivity contribution in [3.63, 3.8) is 0 Å². The lowest BCUT2D eigenvalue weighted by atomic mass is 9.58. The van der Waals surface area contributed by atoms with E-state index in [2.05, 4.69) is 206 Å². The summed E-state index contributed by atoms with van der Waals surface area (Å²) in [6, 6.07) is 49.9. The van der Waals surface area contributed by atoms with Gasteiger partial charge in [0.15, 0.2) is 7.28 Å². The molecule has 4 heterocycles. The molecule has 13 rings (SSSR count). The highest BCUT2D eigenvalue weighted by molar-refractivity contribution is 6.73. The van der Waals surface area contributed by atoms with Gasteiger partial charge in [0, 0.05) is 66.3 Å². The number of hydrogen-bond acceptors (Lipinski definition) is 3. The molecule has 4 nitrogen and oxygen atoms in total. The zero-order valence-corrected chi connectivity index (χ0v) is 38.7. The van der Waals surface area contributed by atoms with E-state index in [1.165, 1.54) is 82.9 Å². The molecule has 0 unspecified atom stereocenters. The van der Waals surface area contributed by atoms with Crippen LogP contribution in [0.1, 0.15) is 83.2 Å². The summed E-state index contributed by atoms with van der Waals surface area (Å²) >= 11 is 0. The molecule has 0 amide bonds. The summed E-state index contributed by atoms with van der Waals surface area (Å²) in [4.78, 5) is 0. The van der Waals surface area contributed by atoms with Crippen molar-refractivity contribution in [3.8, 4) is 27.9 Å². The number of aryl methyl sites for hydroxylation is 1. The Balaban J connectivity index is 1.13. The van der Waals surface area contributed by atoms with E-state index in [4.69, 9.17) is 8.83 Å². The molecule has 0 bridgehead atoms. The number of anilines is 2. The standard InChI is InChI=1S/C60H51BN2O2/c1-32-24-43(39-26-41-40-25-34(59(5,6)7)20-23-52(40)65-54(41)31-48(39)62-35-21-18-33(19-22-35)58(2,3)4)56-57-55(32)44-29-53-42(37-15-11-13-17-51(37)64-53)28-49(44)63(57)50-30-46-38(27-47(50)61-56)36-14-10-12-16-45(36)60(46,8)9/h10-31,61-62H,1-9H3. The molecule has 0 atom stereocenters. The Morgan fingerprint density at radius 3 is 2.00 bits per heavy atom. The molecule has 8 aromatic carbocycles. The fraction of sp³-hybridized carbons (Fsp3) is 0.200. The van der Waals surface area contributed by atoms with Crippen LogP contribution in [-0.2, 0) is 16.2 Å². The number of aromatic nitrogens is 1. The summed E-state index contributed by atoms with van der Waals surface area (Å²) in [5, 5.41) is 11.0. The van der Waals surface area contributed by atoms with Gasteiger partial charge in [0.2, 0.25) is 0 Å². The average molecular weight is 843 g/mol. The Kier molecular flexibility index (Phi) is 7.61. The van der Waals surface area contributed by atoms with Gasteiger partial charge in [-0.2, -0.15) is 0 Å². The van der Waals surface area contributed by atoms with Crippen LogP contribution < -0.4 is 16.2 Å². The van der Waals surface area contributed by atoms with Crippen LogP contribution in [0.3, 0.4) is 0 Å². The number of furan rings is 2. The maximum atomic E-state index is 6.72. The van der Waals surface area contributed by atoms with Crippen LogP contribution in [-0.4, -0.2) is 11.8 Å². The molecule has 5 heteroatoms. The highest BCUT2D eigenvalue weighted by Gasteiger charge is 2.38. The minimum Gasteiger partial charge on any atom is -0.456 e. The lowest BCUT2D eigenvalue weighted by Crippen LogP contribution is -2.38. The van der Waals surface area contributed by atoms with Gasteiger partial charge in [0.25, 0.3) is 0 Å². The largest absolute Gasteiger partial charge is 0.456 e. The highest BCUT2D eigenvalue weighted by atomic mass is 16.3. The predicted octanol–water partition coefficient (Wildman–Crippen LogP) is 14.9. The fourth-order valence-electron chi connectivity index (χ4n) is 11.5. The SMILES string of the molecule is Cc1cc(-c2cc3c(cc2Nc2ccc(C(C)(C)C)cc2)oc2ccc(C(C)(C)C)cc23)c2c3c1c1cc4oc5ccccc5c4cc1n3-c1cc3c(cc1B2)-c1ccccc1C3(C)C. The maximum absolute atomic E-state index is 6.72. The van der Waals surface area contributed by atoms with Gasteiger partial charge in [-0.25, -0.2) is 0 Å². The van der Waals surface area contributed by atoms with Crippen LogP contribution >= 0.6 is 0 Å². The third kappa shape index (κ3) is 5.45. The summed E-state index contributed by atoms with van der Waals surface area (Å²) in [6.07, 6.45) is 0. The zero-order chi connectivity index (χ0) is 44.5. The zero-order valence-electron chi connectivity index (χ0n) is 38.7. The van der Waals surface area contributed by atoms with Gasteiger partial charge in [0.05, 0.1) is 11.2 Å². The Morgan fingerprint density at radius 2 is 1.22 bits per heavy atom. The lowest BCUT2D eigenvalue weighted by Gasteiger charge is -2.27. The molecule has 0 saturated carbocycles. The van der Waals surface area contributed by atoms with Crippen LogP contribution in [0.5, 0.6) is 0 Å². The predicted molar refractivity (Wildman–Crippen MR) is 277 cm³/mol. The van der Waals surface area contributed by atoms with E-state index in [0.717, 1.165) is 68.1 Å². The summed E-state index contributed by atoms with van der Waals surface area (Å²) < 4.78 is 15.9. The minimum atomic E-state index is -0.129. The maximum Gasteiger partial charge on any atom is 0.198 e. The van der Waals surface area contributed by atoms with Gasteiger partial charge in [-0.15, -0.1) is 0 Å². The first-order chi connectivity index (χ1) is 31.1. The summed E-state index contributed by atoms with van der Waals surface area (Å²) in [7, 11) is 0.796. The van der Waals surface area contributed by atoms with E-state index in [1.54, 1.807) is 0 Å². The average Bonchev–Trinajstić information content (AvgIpc) is 3.99. The number of benzene rings is 8. The Hall–Kier alpha value is -6.98. The van der Waals surface area contributed by atoms with Crippen molar-refractivity contribution in [3.05, 3.63) is 161 Å². The number of nitrogens with zero attached hydrogens (tertiary/aromatic N) is 1. The summed E-state index contributed by atoms with van der Waals surface area (Å²) in [5.41, 5.74) is 23.7. The van der Waals surface area contributed by atoms with Gasteiger partial charge in [0.1, 0.15) is 22.3 Å². The van der Waals surface area contributed by atoms with Crippen molar-refractivity contribution in [2.45, 2.75) is 78.6 Å². The number of nitrogens with one attached hydrogen (secondary N) is 1. The smallest absolute Gasteiger partial charge is 0.198 e. The first-order valence-corrected chi connectivity index (χ1v) is 23.2. The molecule has 1 aliphatic heterocycles. The second kappa shape index (κ2) is 12.8. The van der Waals surface area contributed by atoms with Crippen molar-refractivity contribution in [1.29, 1.82) is 0 Å². The van der Waals surface area contributed by atoms with Gasteiger partial charge >= 0.3 is 0 Å². The molecule has 0 saturated heterocycles. The Bertz CT molecular complexity index is 3880. The molecule has 1 N–H and O–H groups in total. The third-order valence-corrected chi connectivity index (χ3v) is 15.0. The van der Waals surface area contributed by atoms with Crippen LogP contribution in [0, 0.1) is 6.92 Å². The van der Waals surface area contributed by atoms with E-state index >= 15 is 0 Å². The molecule has 1 aliphatic carbocycles. The Labute approximate surface area is 380 Å². The molecule has 316 valence electrons. The monoisotopic (exact) mass is 842 g/mol. The van der Waals surface area contributed by atoms with Gasteiger partial charge < -0.3 is 18.7 Å². The molecule has 2 aliphatic rings. The van der Waals surface area contributed by atoms with E-state index < -0.39 is 0 Å². The first-order valence-electron chi connectivity index (χ1n) is 23.2. The van der Waals surface area contributed by atoms with Gasteiger partial charge in [-0.3, -0.25) is 0 Å². The van der Waals surface area contributed by atoms with Crippen LogP contribution in [0.15, 0.2) is 142 Å². The third-order valence-electron chi connectivity index (χ3n) is 15.0. The van der Waals surface area contributed by atoms with Crippen molar-refractivity contribution in [2.75, 3.05) is 5.32 Å². The molecular weight excluding hydrogens is 791 g/mol. The molecule has 11 aromatic rings. The number of rotatable bonds is 3. The minimum absolute atomic E-state index is 0.00230. The number of fused-ring (bicyclic) bond motifs is 14. The van der Waals surface area contributed by atoms with Crippen LogP contribution in [0.25, 0.3) is 93.6 Å². The van der Waals surface area contributed by atoms with Gasteiger partial charge in [-0.1, -0.05) is 134 Å². The quantitative estimate of drug-likeness (QED) is 0.180. The molecule has 65 heavy (non-hydrogen) atoms. The lowest BCUT2D eigenvalue weighted by molar-refractivity contribution is 0.590. The summed E-state index contributed by atoms with van der Waals surface area (Å²) in [6.45, 7) is 20.7.